The number of urea groups is 1. The molecule has 1 heterocycles. The van der Waals surface area contributed by atoms with Gasteiger partial charge in [-0.05, 0) is 18.2 Å². The second-order valence-electron chi connectivity index (χ2n) is 4.22. The third-order valence-electron chi connectivity index (χ3n) is 2.82. The molecule has 3 nitrogen and oxygen atoms in total. The molecule has 1 aromatic carbocycles. The number of nitrogens with zero attached hydrogens (tertiary/aromatic N) is 1. The Labute approximate surface area is 123 Å². The van der Waals surface area contributed by atoms with Gasteiger partial charge in [0.25, 0.3) is 0 Å². The van der Waals surface area contributed by atoms with Gasteiger partial charge in [-0.25, -0.2) is 4.79 Å². The number of hydrogen-bond donors (Lipinski definition) is 1. The van der Waals surface area contributed by atoms with Crippen LogP contribution in [0.25, 0.3) is 0 Å². The van der Waals surface area contributed by atoms with Crippen LogP contribution in [0.5, 0.6) is 0 Å². The summed E-state index contributed by atoms with van der Waals surface area (Å²) in [5, 5.41) is 2.09. The molecule has 0 saturated carbocycles. The second-order valence-corrected chi connectivity index (χ2v) is 5.85. The van der Waals surface area contributed by atoms with Crippen LogP contribution in [0.4, 0.5) is 23.7 Å². The van der Waals surface area contributed by atoms with Gasteiger partial charge in [0.15, 0.2) is 0 Å². The van der Waals surface area contributed by atoms with Crippen molar-refractivity contribution in [2.45, 2.75) is 6.18 Å². The highest BCUT2D eigenvalue weighted by Gasteiger charge is 2.33. The van der Waals surface area contributed by atoms with Crippen LogP contribution in [0.2, 0.25) is 5.02 Å². The van der Waals surface area contributed by atoms with E-state index >= 15 is 0 Å². The lowest BCUT2D eigenvalue weighted by molar-refractivity contribution is -0.137. The Morgan fingerprint density at radius 3 is 2.55 bits per heavy atom. The van der Waals surface area contributed by atoms with Crippen LogP contribution < -0.4 is 5.32 Å². The molecule has 1 aliphatic heterocycles. The molecular weight excluding hydrogens is 313 g/mol. The lowest BCUT2D eigenvalue weighted by atomic mass is 10.2. The molecule has 0 aliphatic carbocycles. The molecule has 20 heavy (non-hydrogen) atoms. The average Bonchev–Trinajstić information content (AvgIpc) is 2.40. The number of nitrogens with one attached hydrogen (secondary N) is 1. The molecule has 0 spiro atoms. The molecule has 1 fully saturated rings. The molecule has 1 aliphatic rings. The maximum Gasteiger partial charge on any atom is 0.417 e. The molecule has 0 bridgehead atoms. The average molecular weight is 325 g/mol. The number of thioether (sulfide) groups is 1. The highest BCUT2D eigenvalue weighted by atomic mass is 35.5. The van der Waals surface area contributed by atoms with Crippen molar-refractivity contribution in [2.75, 3.05) is 29.9 Å². The monoisotopic (exact) mass is 324 g/mol. The summed E-state index contributed by atoms with van der Waals surface area (Å²) >= 11 is 7.26. The summed E-state index contributed by atoms with van der Waals surface area (Å²) < 4.78 is 38.1. The van der Waals surface area contributed by atoms with Gasteiger partial charge in [0.2, 0.25) is 0 Å². The van der Waals surface area contributed by atoms with Crippen LogP contribution in [0, 0.1) is 0 Å². The predicted molar refractivity (Wildman–Crippen MR) is 74.4 cm³/mol. The van der Waals surface area contributed by atoms with Crippen molar-refractivity contribution in [1.82, 2.24) is 4.90 Å². The third kappa shape index (κ3) is 3.73. The maximum atomic E-state index is 12.7. The summed E-state index contributed by atoms with van der Waals surface area (Å²) in [6.07, 6.45) is -4.54. The Hall–Kier alpha value is -1.08. The number of alkyl halides is 3. The fourth-order valence-corrected chi connectivity index (χ4v) is 2.92. The first-order chi connectivity index (χ1) is 9.38. The van der Waals surface area contributed by atoms with Gasteiger partial charge in [0, 0.05) is 30.3 Å². The Bertz CT molecular complexity index is 504. The van der Waals surface area contributed by atoms with Crippen molar-refractivity contribution in [3.05, 3.63) is 28.8 Å². The summed E-state index contributed by atoms with van der Waals surface area (Å²) in [7, 11) is 0. The van der Waals surface area contributed by atoms with E-state index < -0.39 is 11.7 Å². The second kappa shape index (κ2) is 6.13. The van der Waals surface area contributed by atoms with E-state index in [1.807, 2.05) is 0 Å². The van der Waals surface area contributed by atoms with Crippen LogP contribution in [-0.4, -0.2) is 35.5 Å². The van der Waals surface area contributed by atoms with Crippen LogP contribution in [0.15, 0.2) is 18.2 Å². The predicted octanol–water partition coefficient (Wildman–Crippen LogP) is 3.94. The van der Waals surface area contributed by atoms with Gasteiger partial charge in [0.1, 0.15) is 0 Å². The Balaban J connectivity index is 2.11. The molecule has 1 aromatic rings. The number of halogens is 4. The Kier molecular flexibility index (Phi) is 4.70. The van der Waals surface area contributed by atoms with Crippen molar-refractivity contribution in [2.24, 2.45) is 0 Å². The normalized spacial score (nSPS) is 16.1. The standard InChI is InChI=1S/C12H12ClF3N2OS/c13-10-2-1-8(7-9(10)12(14,15)16)17-11(19)18-3-5-20-6-4-18/h1-2,7H,3-6H2,(H,17,19). The number of amides is 2. The minimum atomic E-state index is -4.54. The Morgan fingerprint density at radius 2 is 1.95 bits per heavy atom. The smallest absolute Gasteiger partial charge is 0.323 e. The van der Waals surface area contributed by atoms with Gasteiger partial charge in [-0.3, -0.25) is 0 Å². The van der Waals surface area contributed by atoms with Crippen molar-refractivity contribution in [1.29, 1.82) is 0 Å². The molecular formula is C12H12ClF3N2OS. The van der Waals surface area contributed by atoms with E-state index in [1.54, 1.807) is 16.7 Å². The fraction of sp³-hybridized carbons (Fsp3) is 0.417. The van der Waals surface area contributed by atoms with Gasteiger partial charge in [-0.2, -0.15) is 24.9 Å². The van der Waals surface area contributed by atoms with Gasteiger partial charge in [-0.15, -0.1) is 0 Å². The largest absolute Gasteiger partial charge is 0.417 e. The lowest BCUT2D eigenvalue weighted by Gasteiger charge is -2.26. The van der Waals surface area contributed by atoms with Crippen molar-refractivity contribution >= 4 is 35.1 Å². The molecule has 8 heteroatoms. The number of benzene rings is 1. The number of rotatable bonds is 1. The molecule has 1 saturated heterocycles. The first-order valence-electron chi connectivity index (χ1n) is 5.88. The SMILES string of the molecule is O=C(Nc1ccc(Cl)c(C(F)(F)F)c1)N1CCSCC1. The van der Waals surface area contributed by atoms with E-state index in [9.17, 15) is 18.0 Å². The van der Waals surface area contributed by atoms with Crippen LogP contribution in [-0.2, 0) is 6.18 Å². The van der Waals surface area contributed by atoms with E-state index in [-0.39, 0.29) is 16.7 Å². The van der Waals surface area contributed by atoms with Crippen LogP contribution in [0.1, 0.15) is 5.56 Å². The summed E-state index contributed by atoms with van der Waals surface area (Å²) in [5.74, 6) is 1.67. The van der Waals surface area contributed by atoms with E-state index in [0.29, 0.717) is 13.1 Å². The number of carbonyl (C=O) groups is 1. The number of anilines is 1. The van der Waals surface area contributed by atoms with Gasteiger partial charge in [-0.1, -0.05) is 11.6 Å². The first kappa shape index (κ1) is 15.3. The summed E-state index contributed by atoms with van der Waals surface area (Å²) in [6, 6.07) is 2.94. The number of carbonyl (C=O) groups excluding carboxylic acids is 1. The summed E-state index contributed by atoms with van der Waals surface area (Å²) in [4.78, 5) is 13.5. The molecule has 0 unspecified atom stereocenters. The maximum absolute atomic E-state index is 12.7. The number of hydrogen-bond acceptors (Lipinski definition) is 2. The molecule has 0 radical (unpaired) electrons. The molecule has 2 amide bonds. The van der Waals surface area contributed by atoms with Crippen LogP contribution in [0.3, 0.4) is 0 Å². The Morgan fingerprint density at radius 1 is 1.30 bits per heavy atom. The zero-order valence-electron chi connectivity index (χ0n) is 10.3. The minimum Gasteiger partial charge on any atom is -0.323 e. The topological polar surface area (TPSA) is 32.3 Å². The molecule has 2 rings (SSSR count). The molecule has 1 N–H and O–H groups in total. The zero-order chi connectivity index (χ0) is 14.8. The fourth-order valence-electron chi connectivity index (χ4n) is 1.79. The minimum absolute atomic E-state index is 0.0879. The van der Waals surface area contributed by atoms with Gasteiger partial charge < -0.3 is 10.2 Å². The molecule has 0 atom stereocenters. The zero-order valence-corrected chi connectivity index (χ0v) is 11.9. The van der Waals surface area contributed by atoms with Gasteiger partial charge in [0.05, 0.1) is 10.6 Å². The molecule has 110 valence electrons. The van der Waals surface area contributed by atoms with Crippen molar-refractivity contribution in [3.8, 4) is 0 Å². The van der Waals surface area contributed by atoms with E-state index in [1.165, 1.54) is 6.07 Å². The highest BCUT2D eigenvalue weighted by Crippen LogP contribution is 2.36. The quantitative estimate of drug-likeness (QED) is 0.848. The first-order valence-corrected chi connectivity index (χ1v) is 7.41. The van der Waals surface area contributed by atoms with E-state index in [4.69, 9.17) is 11.6 Å². The van der Waals surface area contributed by atoms with Gasteiger partial charge >= 0.3 is 12.2 Å². The molecule has 0 aromatic heterocycles. The van der Waals surface area contributed by atoms with Crippen LogP contribution >= 0.6 is 23.4 Å². The summed E-state index contributed by atoms with van der Waals surface area (Å²) in [5.41, 5.74) is -0.865. The summed E-state index contributed by atoms with van der Waals surface area (Å²) in [6.45, 7) is 1.19. The lowest BCUT2D eigenvalue weighted by Crippen LogP contribution is -2.40. The van der Waals surface area contributed by atoms with E-state index in [0.717, 1.165) is 23.6 Å². The van der Waals surface area contributed by atoms with Crippen molar-refractivity contribution in [3.63, 3.8) is 0 Å². The van der Waals surface area contributed by atoms with E-state index in [2.05, 4.69) is 5.32 Å². The van der Waals surface area contributed by atoms with Crippen molar-refractivity contribution < 1.29 is 18.0 Å². The highest BCUT2D eigenvalue weighted by molar-refractivity contribution is 7.99. The third-order valence-corrected chi connectivity index (χ3v) is 4.09.